The van der Waals surface area contributed by atoms with Crippen molar-refractivity contribution in [3.05, 3.63) is 65.2 Å². The number of methoxy groups -OCH3 is 1. The average molecular weight is 398 g/mol. The van der Waals surface area contributed by atoms with Crippen LogP contribution in [-0.4, -0.2) is 54.5 Å². The van der Waals surface area contributed by atoms with Crippen LogP contribution in [0.2, 0.25) is 0 Å². The first-order valence-electron chi connectivity index (χ1n) is 9.37. The van der Waals surface area contributed by atoms with Crippen LogP contribution in [0.5, 0.6) is 5.75 Å². The summed E-state index contributed by atoms with van der Waals surface area (Å²) in [7, 11) is 1.47. The molecular weight excluding hydrogens is 372 g/mol. The second kappa shape index (κ2) is 10.8. The molecule has 0 aliphatic rings. The zero-order valence-electron chi connectivity index (χ0n) is 16.7. The fourth-order valence-electron chi connectivity index (χ4n) is 2.91. The van der Waals surface area contributed by atoms with E-state index in [1.165, 1.54) is 31.1 Å². The molecule has 0 bridgehead atoms. The molecule has 2 N–H and O–H groups in total. The van der Waals surface area contributed by atoms with Gasteiger partial charge in [0.05, 0.1) is 19.2 Å². The first kappa shape index (κ1) is 21.9. The van der Waals surface area contributed by atoms with Crippen molar-refractivity contribution >= 4 is 17.8 Å². The van der Waals surface area contributed by atoms with Crippen LogP contribution in [0.1, 0.15) is 28.4 Å². The van der Waals surface area contributed by atoms with E-state index in [-0.39, 0.29) is 23.9 Å². The number of carboxylic acids is 1. The maximum atomic E-state index is 12.2. The summed E-state index contributed by atoms with van der Waals surface area (Å²) in [5.74, 6) is -0.952. The van der Waals surface area contributed by atoms with Gasteiger partial charge in [-0.25, -0.2) is 4.79 Å². The summed E-state index contributed by atoms with van der Waals surface area (Å²) in [5, 5.41) is 11.8. The third-order valence-corrected chi connectivity index (χ3v) is 4.54. The van der Waals surface area contributed by atoms with Gasteiger partial charge in [-0.15, -0.1) is 0 Å². The Bertz CT molecular complexity index is 852. The molecule has 7 nitrogen and oxygen atoms in total. The van der Waals surface area contributed by atoms with E-state index >= 15 is 0 Å². The van der Waals surface area contributed by atoms with Gasteiger partial charge in [-0.1, -0.05) is 36.4 Å². The predicted molar refractivity (Wildman–Crippen MR) is 109 cm³/mol. The van der Waals surface area contributed by atoms with E-state index < -0.39 is 5.97 Å². The highest BCUT2D eigenvalue weighted by atomic mass is 16.5. The Morgan fingerprint density at radius 2 is 1.79 bits per heavy atom. The van der Waals surface area contributed by atoms with Crippen molar-refractivity contribution in [3.63, 3.8) is 0 Å². The Morgan fingerprint density at radius 1 is 1.07 bits per heavy atom. The fourth-order valence-corrected chi connectivity index (χ4v) is 2.91. The van der Waals surface area contributed by atoms with Crippen molar-refractivity contribution < 1.29 is 24.2 Å². The number of carbonyl (C=O) groups is 3. The molecule has 0 atom stereocenters. The highest BCUT2D eigenvalue weighted by Crippen LogP contribution is 2.20. The molecule has 0 heterocycles. The van der Waals surface area contributed by atoms with Crippen LogP contribution in [-0.2, 0) is 22.4 Å². The molecule has 0 aliphatic carbocycles. The molecule has 0 saturated heterocycles. The quantitative estimate of drug-likeness (QED) is 0.639. The third kappa shape index (κ3) is 6.95. The van der Waals surface area contributed by atoms with E-state index in [4.69, 9.17) is 9.84 Å². The Balaban J connectivity index is 1.84. The van der Waals surface area contributed by atoms with Crippen LogP contribution in [0.15, 0.2) is 48.5 Å². The molecule has 2 aromatic carbocycles. The Kier molecular flexibility index (Phi) is 8.21. The summed E-state index contributed by atoms with van der Waals surface area (Å²) in [6, 6.07) is 14.4. The number of aromatic carboxylic acids is 1. The van der Waals surface area contributed by atoms with Gasteiger partial charge in [0.15, 0.2) is 0 Å². The molecule has 0 aromatic heterocycles. The number of ether oxygens (including phenoxy) is 1. The van der Waals surface area contributed by atoms with Crippen molar-refractivity contribution in [1.82, 2.24) is 10.2 Å². The molecule has 7 heteroatoms. The number of benzene rings is 2. The monoisotopic (exact) mass is 398 g/mol. The van der Waals surface area contributed by atoms with Gasteiger partial charge in [0, 0.05) is 20.0 Å². The van der Waals surface area contributed by atoms with Gasteiger partial charge in [-0.05, 0) is 36.1 Å². The minimum atomic E-state index is -1.03. The molecule has 29 heavy (non-hydrogen) atoms. The number of hydrogen-bond donors (Lipinski definition) is 2. The molecule has 0 radical (unpaired) electrons. The number of carbonyl (C=O) groups excluding carboxylic acids is 2. The van der Waals surface area contributed by atoms with Gasteiger partial charge >= 0.3 is 5.97 Å². The summed E-state index contributed by atoms with van der Waals surface area (Å²) < 4.78 is 5.23. The number of nitrogens with one attached hydrogen (secondary N) is 1. The highest BCUT2D eigenvalue weighted by Gasteiger charge is 2.14. The van der Waals surface area contributed by atoms with Crippen molar-refractivity contribution in [2.24, 2.45) is 0 Å². The molecule has 0 fully saturated rings. The zero-order valence-corrected chi connectivity index (χ0v) is 16.7. The normalized spacial score (nSPS) is 10.3. The van der Waals surface area contributed by atoms with Crippen LogP contribution in [0.25, 0.3) is 0 Å². The van der Waals surface area contributed by atoms with Gasteiger partial charge in [0.2, 0.25) is 11.8 Å². The molecule has 154 valence electrons. The zero-order chi connectivity index (χ0) is 21.2. The van der Waals surface area contributed by atoms with Crippen LogP contribution >= 0.6 is 0 Å². The SMILES string of the molecule is COc1cc(C(=O)O)ccc1CCNC(=O)CN(CCc1ccccc1)C(C)=O. The van der Waals surface area contributed by atoms with E-state index in [0.717, 1.165) is 11.1 Å². The maximum absolute atomic E-state index is 12.2. The molecule has 0 saturated carbocycles. The minimum Gasteiger partial charge on any atom is -0.496 e. The summed E-state index contributed by atoms with van der Waals surface area (Å²) in [6.07, 6.45) is 1.17. The van der Waals surface area contributed by atoms with E-state index in [1.54, 1.807) is 6.07 Å². The molecule has 2 rings (SSSR count). The van der Waals surface area contributed by atoms with Crippen LogP contribution in [0.4, 0.5) is 0 Å². The predicted octanol–water partition coefficient (Wildman–Crippen LogP) is 2.14. The third-order valence-electron chi connectivity index (χ3n) is 4.54. The largest absolute Gasteiger partial charge is 0.496 e. The number of amides is 2. The van der Waals surface area contributed by atoms with Crippen molar-refractivity contribution in [3.8, 4) is 5.75 Å². The Hall–Kier alpha value is -3.35. The van der Waals surface area contributed by atoms with E-state index in [1.807, 2.05) is 30.3 Å². The van der Waals surface area contributed by atoms with E-state index in [0.29, 0.717) is 31.7 Å². The number of hydrogen-bond acceptors (Lipinski definition) is 4. The lowest BCUT2D eigenvalue weighted by molar-refractivity contribution is -0.134. The van der Waals surface area contributed by atoms with Gasteiger partial charge in [0.1, 0.15) is 5.75 Å². The van der Waals surface area contributed by atoms with E-state index in [9.17, 15) is 14.4 Å². The number of nitrogens with zero attached hydrogens (tertiary/aromatic N) is 1. The van der Waals surface area contributed by atoms with E-state index in [2.05, 4.69) is 5.32 Å². The molecule has 2 aromatic rings. The Morgan fingerprint density at radius 3 is 2.41 bits per heavy atom. The van der Waals surface area contributed by atoms with Gasteiger partial charge < -0.3 is 20.1 Å². The summed E-state index contributed by atoms with van der Waals surface area (Å²) in [6.45, 7) is 2.27. The second-order valence-corrected chi connectivity index (χ2v) is 6.61. The van der Waals surface area contributed by atoms with Crippen LogP contribution in [0.3, 0.4) is 0 Å². The molecule has 0 aliphatic heterocycles. The Labute approximate surface area is 170 Å². The van der Waals surface area contributed by atoms with Gasteiger partial charge in [0.25, 0.3) is 0 Å². The van der Waals surface area contributed by atoms with Gasteiger partial charge in [-0.2, -0.15) is 0 Å². The summed E-state index contributed by atoms with van der Waals surface area (Å²) in [5.41, 5.74) is 2.05. The summed E-state index contributed by atoms with van der Waals surface area (Å²) in [4.78, 5) is 36.7. The first-order valence-corrected chi connectivity index (χ1v) is 9.37. The highest BCUT2D eigenvalue weighted by molar-refractivity contribution is 5.88. The lowest BCUT2D eigenvalue weighted by Gasteiger charge is -2.20. The maximum Gasteiger partial charge on any atom is 0.335 e. The molecule has 2 amide bonds. The molecule has 0 spiro atoms. The van der Waals surface area contributed by atoms with Crippen LogP contribution < -0.4 is 10.1 Å². The van der Waals surface area contributed by atoms with Crippen molar-refractivity contribution in [1.29, 1.82) is 0 Å². The standard InChI is InChI=1S/C22H26N2O5/c1-16(25)24(13-11-17-6-4-3-5-7-17)15-21(26)23-12-10-18-8-9-19(22(27)28)14-20(18)29-2/h3-9,14H,10-13,15H2,1-2H3,(H,23,26)(H,27,28). The minimum absolute atomic E-state index is 0.00272. The lowest BCUT2D eigenvalue weighted by atomic mass is 10.1. The topological polar surface area (TPSA) is 95.9 Å². The second-order valence-electron chi connectivity index (χ2n) is 6.61. The molecular formula is C22H26N2O5. The average Bonchev–Trinajstić information content (AvgIpc) is 2.71. The smallest absolute Gasteiger partial charge is 0.335 e. The van der Waals surface area contributed by atoms with Crippen LogP contribution in [0, 0.1) is 0 Å². The first-order chi connectivity index (χ1) is 13.9. The summed E-state index contributed by atoms with van der Waals surface area (Å²) >= 11 is 0. The molecule has 0 unspecified atom stereocenters. The van der Waals surface area contributed by atoms with Gasteiger partial charge in [-0.3, -0.25) is 9.59 Å². The number of rotatable bonds is 10. The van der Waals surface area contributed by atoms with Crippen molar-refractivity contribution in [2.45, 2.75) is 19.8 Å². The fraction of sp³-hybridized carbons (Fsp3) is 0.318. The number of carboxylic acid groups (broad SMARTS) is 1. The lowest BCUT2D eigenvalue weighted by Crippen LogP contribution is -2.41. The van der Waals surface area contributed by atoms with Crippen molar-refractivity contribution in [2.75, 3.05) is 26.7 Å².